The third-order valence-electron chi connectivity index (χ3n) is 6.38. The van der Waals surface area contributed by atoms with E-state index in [-0.39, 0.29) is 46.4 Å². The SMILES string of the molecule is CC(CF)NCc1ccc(-c2nnc(-c3nc(-c4ccc(S(=O)(=O)C5CCOC5)cc4)cnc3N)o2)c(F)c1. The molecule has 1 saturated heterocycles. The first-order valence-corrected chi connectivity index (χ1v) is 13.8. The summed E-state index contributed by atoms with van der Waals surface area (Å²) >= 11 is 0. The van der Waals surface area contributed by atoms with Gasteiger partial charge in [0.2, 0.25) is 0 Å². The third kappa shape index (κ3) is 5.65. The second kappa shape index (κ2) is 11.1. The maximum atomic E-state index is 14.8. The molecule has 1 fully saturated rings. The Kier molecular flexibility index (Phi) is 7.64. The van der Waals surface area contributed by atoms with Gasteiger partial charge in [-0.3, -0.25) is 0 Å². The van der Waals surface area contributed by atoms with Crippen molar-refractivity contribution in [2.45, 2.75) is 36.1 Å². The Balaban J connectivity index is 1.37. The van der Waals surface area contributed by atoms with Gasteiger partial charge in [-0.1, -0.05) is 18.2 Å². The summed E-state index contributed by atoms with van der Waals surface area (Å²) in [5.41, 5.74) is 7.84. The topological polar surface area (TPSA) is 146 Å². The first-order chi connectivity index (χ1) is 18.8. The number of nitrogens with zero attached hydrogens (tertiary/aromatic N) is 4. The van der Waals surface area contributed by atoms with Crippen molar-refractivity contribution in [3.05, 3.63) is 60.0 Å². The van der Waals surface area contributed by atoms with Gasteiger partial charge in [0.1, 0.15) is 12.5 Å². The fourth-order valence-electron chi connectivity index (χ4n) is 4.08. The lowest BCUT2D eigenvalue weighted by Crippen LogP contribution is -2.27. The van der Waals surface area contributed by atoms with Crippen LogP contribution in [0.3, 0.4) is 0 Å². The number of ether oxygens (including phenoxy) is 1. The number of halogens is 2. The van der Waals surface area contributed by atoms with Crippen LogP contribution in [0.5, 0.6) is 0 Å². The summed E-state index contributed by atoms with van der Waals surface area (Å²) in [4.78, 5) is 8.85. The summed E-state index contributed by atoms with van der Waals surface area (Å²) < 4.78 is 64.0. The maximum Gasteiger partial charge on any atom is 0.270 e. The summed E-state index contributed by atoms with van der Waals surface area (Å²) in [5.74, 6) is -0.682. The van der Waals surface area contributed by atoms with Crippen molar-refractivity contribution in [2.24, 2.45) is 0 Å². The fourth-order valence-corrected chi connectivity index (χ4v) is 5.66. The highest BCUT2D eigenvalue weighted by molar-refractivity contribution is 7.92. The monoisotopic (exact) mass is 556 g/mol. The molecule has 3 heterocycles. The van der Waals surface area contributed by atoms with E-state index >= 15 is 0 Å². The van der Waals surface area contributed by atoms with Crippen molar-refractivity contribution >= 4 is 15.7 Å². The van der Waals surface area contributed by atoms with Crippen molar-refractivity contribution in [2.75, 3.05) is 25.6 Å². The van der Waals surface area contributed by atoms with Gasteiger partial charge in [-0.2, -0.15) is 0 Å². The molecule has 0 spiro atoms. The molecule has 10 nitrogen and oxygen atoms in total. The molecular formula is C26H26F2N6O4S. The minimum absolute atomic E-state index is 0.0262. The Hall–Kier alpha value is -3.81. The van der Waals surface area contributed by atoms with Gasteiger partial charge < -0.3 is 20.2 Å². The number of aromatic nitrogens is 4. The molecule has 0 bridgehead atoms. The van der Waals surface area contributed by atoms with Crippen LogP contribution in [0.1, 0.15) is 18.9 Å². The quantitative estimate of drug-likeness (QED) is 0.314. The van der Waals surface area contributed by atoms with Crippen LogP contribution in [0.4, 0.5) is 14.6 Å². The van der Waals surface area contributed by atoms with Crippen LogP contribution in [-0.4, -0.2) is 59.8 Å². The largest absolute Gasteiger partial charge is 0.414 e. The zero-order valence-corrected chi connectivity index (χ0v) is 21.8. The number of rotatable bonds is 9. The van der Waals surface area contributed by atoms with Gasteiger partial charge in [0.25, 0.3) is 11.8 Å². The minimum atomic E-state index is -3.50. The second-order valence-electron chi connectivity index (χ2n) is 9.21. The summed E-state index contributed by atoms with van der Waals surface area (Å²) in [6.07, 6.45) is 1.91. The maximum absolute atomic E-state index is 14.8. The standard InChI is InChI=1S/C26H26F2N6O4S/c1-15(11-27)30-12-16-2-7-20(21(28)10-16)25-33-34-26(38-25)23-24(29)31-13-22(32-23)17-3-5-18(6-4-17)39(35,36)19-8-9-37-14-19/h2-7,10,13,15,19,30H,8-9,11-12,14H2,1H3,(H2,29,31). The molecule has 3 N–H and O–H groups in total. The molecule has 13 heteroatoms. The number of nitrogens with one attached hydrogen (secondary N) is 1. The molecule has 5 rings (SSSR count). The molecule has 0 aliphatic carbocycles. The van der Waals surface area contributed by atoms with Crippen LogP contribution in [0, 0.1) is 5.82 Å². The predicted molar refractivity (Wildman–Crippen MR) is 139 cm³/mol. The van der Waals surface area contributed by atoms with E-state index in [1.54, 1.807) is 25.1 Å². The third-order valence-corrected chi connectivity index (χ3v) is 8.56. The van der Waals surface area contributed by atoms with Crippen LogP contribution in [-0.2, 0) is 21.1 Å². The number of benzene rings is 2. The molecule has 0 amide bonds. The lowest BCUT2D eigenvalue weighted by Gasteiger charge is -2.10. The number of sulfone groups is 1. The average molecular weight is 557 g/mol. The number of nitrogen functional groups attached to an aromatic ring is 1. The lowest BCUT2D eigenvalue weighted by atomic mass is 10.1. The number of hydrogen-bond acceptors (Lipinski definition) is 10. The van der Waals surface area contributed by atoms with Crippen LogP contribution >= 0.6 is 0 Å². The van der Waals surface area contributed by atoms with E-state index in [9.17, 15) is 17.2 Å². The highest BCUT2D eigenvalue weighted by Gasteiger charge is 2.31. The van der Waals surface area contributed by atoms with Crippen molar-refractivity contribution < 1.29 is 26.4 Å². The summed E-state index contributed by atoms with van der Waals surface area (Å²) in [6, 6.07) is 10.5. The van der Waals surface area contributed by atoms with Crippen molar-refractivity contribution in [3.63, 3.8) is 0 Å². The highest BCUT2D eigenvalue weighted by atomic mass is 32.2. The summed E-state index contributed by atoms with van der Waals surface area (Å²) in [5, 5.41) is 10.3. The van der Waals surface area contributed by atoms with E-state index in [2.05, 4.69) is 25.5 Å². The van der Waals surface area contributed by atoms with E-state index < -0.39 is 27.6 Å². The number of hydrogen-bond donors (Lipinski definition) is 2. The summed E-state index contributed by atoms with van der Waals surface area (Å²) in [7, 11) is -3.50. The van der Waals surface area contributed by atoms with Crippen LogP contribution in [0.25, 0.3) is 34.3 Å². The van der Waals surface area contributed by atoms with Crippen molar-refractivity contribution in [3.8, 4) is 34.3 Å². The average Bonchev–Trinajstić information content (AvgIpc) is 3.66. The van der Waals surface area contributed by atoms with E-state index in [1.807, 2.05) is 0 Å². The van der Waals surface area contributed by atoms with Crippen LogP contribution < -0.4 is 11.1 Å². The normalized spacial score (nSPS) is 16.4. The highest BCUT2D eigenvalue weighted by Crippen LogP contribution is 2.30. The second-order valence-corrected chi connectivity index (χ2v) is 11.4. The Morgan fingerprint density at radius 3 is 2.62 bits per heavy atom. The molecule has 1 aliphatic heterocycles. The fraction of sp³-hybridized carbons (Fsp3) is 0.308. The van der Waals surface area contributed by atoms with Gasteiger partial charge >= 0.3 is 0 Å². The number of anilines is 1. The molecule has 4 aromatic rings. The van der Waals surface area contributed by atoms with Gasteiger partial charge in [0.15, 0.2) is 21.3 Å². The van der Waals surface area contributed by atoms with E-state index in [0.29, 0.717) is 36.4 Å². The van der Waals surface area contributed by atoms with Gasteiger partial charge in [-0.15, -0.1) is 10.2 Å². The molecule has 204 valence electrons. The first kappa shape index (κ1) is 26.8. The van der Waals surface area contributed by atoms with Gasteiger partial charge in [0.05, 0.1) is 34.2 Å². The Bertz CT molecular complexity index is 1570. The Morgan fingerprint density at radius 1 is 1.15 bits per heavy atom. The smallest absolute Gasteiger partial charge is 0.270 e. The van der Waals surface area contributed by atoms with E-state index in [1.165, 1.54) is 30.5 Å². The molecule has 2 unspecified atom stereocenters. The van der Waals surface area contributed by atoms with Gasteiger partial charge in [-0.05, 0) is 43.2 Å². The van der Waals surface area contributed by atoms with Crippen molar-refractivity contribution in [1.29, 1.82) is 0 Å². The number of nitrogens with two attached hydrogens (primary N) is 1. The molecule has 1 aliphatic rings. The Labute approximate surface area is 223 Å². The zero-order valence-electron chi connectivity index (χ0n) is 21.0. The molecule has 2 aromatic heterocycles. The van der Waals surface area contributed by atoms with E-state index in [0.717, 1.165) is 0 Å². The lowest BCUT2D eigenvalue weighted by molar-refractivity contribution is 0.198. The molecule has 2 atom stereocenters. The number of alkyl halides is 1. The van der Waals surface area contributed by atoms with Crippen LogP contribution in [0.2, 0.25) is 0 Å². The molecule has 0 radical (unpaired) electrons. The molecule has 39 heavy (non-hydrogen) atoms. The van der Waals surface area contributed by atoms with Gasteiger partial charge in [-0.25, -0.2) is 27.2 Å². The van der Waals surface area contributed by atoms with E-state index in [4.69, 9.17) is 14.9 Å². The van der Waals surface area contributed by atoms with Gasteiger partial charge in [0, 0.05) is 24.8 Å². The van der Waals surface area contributed by atoms with Crippen molar-refractivity contribution in [1.82, 2.24) is 25.5 Å². The minimum Gasteiger partial charge on any atom is -0.414 e. The zero-order chi connectivity index (χ0) is 27.6. The summed E-state index contributed by atoms with van der Waals surface area (Å²) in [6.45, 7) is 2.09. The molecule has 2 aromatic carbocycles. The first-order valence-electron chi connectivity index (χ1n) is 12.2. The van der Waals surface area contributed by atoms with Crippen LogP contribution in [0.15, 0.2) is 58.0 Å². The molecule has 0 saturated carbocycles. The predicted octanol–water partition coefficient (Wildman–Crippen LogP) is 3.59. The molecular weight excluding hydrogens is 530 g/mol. The Morgan fingerprint density at radius 2 is 1.92 bits per heavy atom.